The van der Waals surface area contributed by atoms with Gasteiger partial charge in [0, 0.05) is 34.9 Å². The summed E-state index contributed by atoms with van der Waals surface area (Å²) in [6, 6.07) is 11.3. The van der Waals surface area contributed by atoms with Gasteiger partial charge >= 0.3 is 0 Å². The third-order valence-electron chi connectivity index (χ3n) is 3.06. The maximum atomic E-state index is 12.2. The Morgan fingerprint density at radius 3 is 2.91 bits per heavy atom. The minimum absolute atomic E-state index is 0.190. The molecular formula is C16H13BrN4O. The Morgan fingerprint density at radius 1 is 1.23 bits per heavy atom. The largest absolute Gasteiger partial charge is 0.322 e. The van der Waals surface area contributed by atoms with Crippen molar-refractivity contribution in [2.24, 2.45) is 0 Å². The summed E-state index contributed by atoms with van der Waals surface area (Å²) in [5.41, 5.74) is 2.32. The average molecular weight is 357 g/mol. The Bertz CT molecular complexity index is 786. The van der Waals surface area contributed by atoms with Crippen LogP contribution in [0.4, 0.5) is 5.69 Å². The van der Waals surface area contributed by atoms with Crippen LogP contribution in [-0.2, 0) is 6.54 Å². The SMILES string of the molecule is O=C(Nc1cccc(Cn2cccn2)c1)c1cncc(Br)c1. The number of benzene rings is 1. The number of pyridine rings is 1. The number of hydrogen-bond acceptors (Lipinski definition) is 3. The zero-order valence-corrected chi connectivity index (χ0v) is 13.2. The third kappa shape index (κ3) is 3.59. The average Bonchev–Trinajstić information content (AvgIpc) is 3.00. The molecule has 110 valence electrons. The number of hydrogen-bond donors (Lipinski definition) is 1. The number of carbonyl (C=O) groups is 1. The molecular weight excluding hydrogens is 344 g/mol. The molecule has 0 atom stereocenters. The summed E-state index contributed by atoms with van der Waals surface area (Å²) < 4.78 is 2.60. The first-order valence-electron chi connectivity index (χ1n) is 6.69. The van der Waals surface area contributed by atoms with E-state index in [1.807, 2.05) is 41.2 Å². The topological polar surface area (TPSA) is 59.8 Å². The monoisotopic (exact) mass is 356 g/mol. The number of halogens is 1. The Morgan fingerprint density at radius 2 is 2.14 bits per heavy atom. The van der Waals surface area contributed by atoms with E-state index in [1.165, 1.54) is 6.20 Å². The van der Waals surface area contributed by atoms with Gasteiger partial charge in [-0.15, -0.1) is 0 Å². The maximum Gasteiger partial charge on any atom is 0.257 e. The van der Waals surface area contributed by atoms with E-state index in [-0.39, 0.29) is 5.91 Å². The highest BCUT2D eigenvalue weighted by Crippen LogP contribution is 2.15. The molecule has 1 aromatic carbocycles. The lowest BCUT2D eigenvalue weighted by molar-refractivity contribution is 0.102. The third-order valence-corrected chi connectivity index (χ3v) is 3.49. The van der Waals surface area contributed by atoms with Gasteiger partial charge in [-0.3, -0.25) is 14.5 Å². The summed E-state index contributed by atoms with van der Waals surface area (Å²) in [7, 11) is 0. The summed E-state index contributed by atoms with van der Waals surface area (Å²) in [5, 5.41) is 7.05. The molecule has 0 spiro atoms. The molecule has 0 saturated carbocycles. The minimum atomic E-state index is -0.190. The highest BCUT2D eigenvalue weighted by molar-refractivity contribution is 9.10. The fraction of sp³-hybridized carbons (Fsp3) is 0.0625. The van der Waals surface area contributed by atoms with Crippen LogP contribution >= 0.6 is 15.9 Å². The van der Waals surface area contributed by atoms with E-state index in [0.717, 1.165) is 15.7 Å². The summed E-state index contributed by atoms with van der Waals surface area (Å²) in [6.07, 6.45) is 6.82. The summed E-state index contributed by atoms with van der Waals surface area (Å²) in [5.74, 6) is -0.190. The predicted molar refractivity (Wildman–Crippen MR) is 87.7 cm³/mol. The molecule has 0 aliphatic carbocycles. The smallest absolute Gasteiger partial charge is 0.257 e. The molecule has 0 fully saturated rings. The van der Waals surface area contributed by atoms with Crippen LogP contribution in [0.25, 0.3) is 0 Å². The lowest BCUT2D eigenvalue weighted by Crippen LogP contribution is -2.12. The van der Waals surface area contributed by atoms with Gasteiger partial charge in [-0.1, -0.05) is 12.1 Å². The van der Waals surface area contributed by atoms with Crippen LogP contribution < -0.4 is 5.32 Å². The maximum absolute atomic E-state index is 12.2. The standard InChI is InChI=1S/C16H13BrN4O/c17-14-8-13(9-18-10-14)16(22)20-15-4-1-3-12(7-15)11-21-6-2-5-19-21/h1-10H,11H2,(H,20,22). The van der Waals surface area contributed by atoms with Gasteiger partial charge < -0.3 is 5.32 Å². The first kappa shape index (κ1) is 14.5. The van der Waals surface area contributed by atoms with Crippen molar-refractivity contribution in [3.8, 4) is 0 Å². The van der Waals surface area contributed by atoms with Gasteiger partial charge in [-0.25, -0.2) is 0 Å². The second-order valence-electron chi connectivity index (χ2n) is 4.75. The molecule has 1 N–H and O–H groups in total. The highest BCUT2D eigenvalue weighted by atomic mass is 79.9. The molecule has 2 aromatic heterocycles. The summed E-state index contributed by atoms with van der Waals surface area (Å²) in [6.45, 7) is 0.662. The second kappa shape index (κ2) is 6.53. The van der Waals surface area contributed by atoms with Gasteiger partial charge in [-0.2, -0.15) is 5.10 Å². The van der Waals surface area contributed by atoms with Crippen molar-refractivity contribution in [1.82, 2.24) is 14.8 Å². The Hall–Kier alpha value is -2.47. The fourth-order valence-electron chi connectivity index (χ4n) is 2.07. The van der Waals surface area contributed by atoms with Crippen LogP contribution in [0.15, 0.2) is 65.7 Å². The highest BCUT2D eigenvalue weighted by Gasteiger charge is 2.07. The van der Waals surface area contributed by atoms with Gasteiger partial charge in [0.05, 0.1) is 12.1 Å². The molecule has 0 aliphatic heterocycles. The van der Waals surface area contributed by atoms with E-state index < -0.39 is 0 Å². The first-order chi connectivity index (χ1) is 10.7. The molecule has 0 unspecified atom stereocenters. The molecule has 0 radical (unpaired) electrons. The first-order valence-corrected chi connectivity index (χ1v) is 7.48. The van der Waals surface area contributed by atoms with E-state index in [2.05, 4.69) is 31.3 Å². The van der Waals surface area contributed by atoms with Gasteiger partial charge in [0.1, 0.15) is 0 Å². The minimum Gasteiger partial charge on any atom is -0.322 e. The van der Waals surface area contributed by atoms with Crippen molar-refractivity contribution >= 4 is 27.5 Å². The quantitative estimate of drug-likeness (QED) is 0.779. The predicted octanol–water partition coefficient (Wildman–Crippen LogP) is 3.34. The number of carbonyl (C=O) groups excluding carboxylic acids is 1. The molecule has 0 aliphatic rings. The van der Waals surface area contributed by atoms with Gasteiger partial charge in [0.15, 0.2) is 0 Å². The Balaban J connectivity index is 1.74. The van der Waals surface area contributed by atoms with Gasteiger partial charge in [-0.05, 0) is 45.8 Å². The van der Waals surface area contributed by atoms with E-state index in [4.69, 9.17) is 0 Å². The zero-order valence-electron chi connectivity index (χ0n) is 11.6. The van der Waals surface area contributed by atoms with Gasteiger partial charge in [0.25, 0.3) is 5.91 Å². The molecule has 0 bridgehead atoms. The van der Waals surface area contributed by atoms with Crippen LogP contribution in [-0.4, -0.2) is 20.7 Å². The molecule has 0 saturated heterocycles. The number of rotatable bonds is 4. The molecule has 2 heterocycles. The Kier molecular flexibility index (Phi) is 4.29. The van der Waals surface area contributed by atoms with Crippen LogP contribution in [0, 0.1) is 0 Å². The molecule has 3 aromatic rings. The normalized spacial score (nSPS) is 10.4. The Labute approximate surface area is 136 Å². The summed E-state index contributed by atoms with van der Waals surface area (Å²) >= 11 is 3.31. The van der Waals surface area contributed by atoms with Crippen molar-refractivity contribution < 1.29 is 4.79 Å². The van der Waals surface area contributed by atoms with E-state index in [1.54, 1.807) is 18.5 Å². The number of anilines is 1. The summed E-state index contributed by atoms with van der Waals surface area (Å²) in [4.78, 5) is 16.2. The molecule has 5 nitrogen and oxygen atoms in total. The molecule has 1 amide bonds. The van der Waals surface area contributed by atoms with Crippen molar-refractivity contribution in [2.75, 3.05) is 5.32 Å². The number of nitrogens with one attached hydrogen (secondary N) is 1. The van der Waals surface area contributed by atoms with E-state index >= 15 is 0 Å². The van der Waals surface area contributed by atoms with Crippen molar-refractivity contribution in [3.63, 3.8) is 0 Å². The van der Waals surface area contributed by atoms with Crippen molar-refractivity contribution in [3.05, 3.63) is 76.8 Å². The lowest BCUT2D eigenvalue weighted by Gasteiger charge is -2.08. The van der Waals surface area contributed by atoms with Crippen LogP contribution in [0.3, 0.4) is 0 Å². The molecule has 22 heavy (non-hydrogen) atoms. The van der Waals surface area contributed by atoms with Crippen molar-refractivity contribution in [2.45, 2.75) is 6.54 Å². The molecule has 6 heteroatoms. The second-order valence-corrected chi connectivity index (χ2v) is 5.67. The van der Waals surface area contributed by atoms with Crippen LogP contribution in [0.2, 0.25) is 0 Å². The zero-order chi connectivity index (χ0) is 15.4. The van der Waals surface area contributed by atoms with Crippen LogP contribution in [0.5, 0.6) is 0 Å². The van der Waals surface area contributed by atoms with E-state index in [0.29, 0.717) is 12.1 Å². The van der Waals surface area contributed by atoms with Crippen LogP contribution in [0.1, 0.15) is 15.9 Å². The fourth-order valence-corrected chi connectivity index (χ4v) is 2.43. The van der Waals surface area contributed by atoms with E-state index in [9.17, 15) is 4.79 Å². The van der Waals surface area contributed by atoms with Gasteiger partial charge in [0.2, 0.25) is 0 Å². The lowest BCUT2D eigenvalue weighted by atomic mass is 10.2. The number of nitrogens with zero attached hydrogens (tertiary/aromatic N) is 3. The van der Waals surface area contributed by atoms with Crippen molar-refractivity contribution in [1.29, 1.82) is 0 Å². The molecule has 3 rings (SSSR count). The number of amides is 1. The number of aromatic nitrogens is 3.